The summed E-state index contributed by atoms with van der Waals surface area (Å²) in [5.41, 5.74) is 0. The van der Waals surface area contributed by atoms with E-state index in [9.17, 15) is 9.59 Å². The number of carbonyl (C=O) groups is 2. The van der Waals surface area contributed by atoms with E-state index in [1.807, 2.05) is 12.1 Å². The molecule has 1 N–H and O–H groups in total. The van der Waals surface area contributed by atoms with Gasteiger partial charge in [-0.15, -0.1) is 11.8 Å². The Morgan fingerprint density at radius 1 is 1.39 bits per heavy atom. The quantitative estimate of drug-likeness (QED) is 0.808. The van der Waals surface area contributed by atoms with Gasteiger partial charge in [0.05, 0.1) is 12.2 Å². The maximum Gasteiger partial charge on any atom is 0.303 e. The van der Waals surface area contributed by atoms with Gasteiger partial charge in [-0.05, 0) is 12.1 Å². The van der Waals surface area contributed by atoms with E-state index in [0.717, 1.165) is 4.90 Å². The maximum absolute atomic E-state index is 11.8. The van der Waals surface area contributed by atoms with Crippen LogP contribution in [0.4, 0.5) is 0 Å². The third-order valence-corrected chi connectivity index (χ3v) is 3.78. The van der Waals surface area contributed by atoms with Crippen LogP contribution in [0, 0.1) is 5.92 Å². The Labute approximate surface area is 109 Å². The number of aliphatic carboxylic acids is 1. The van der Waals surface area contributed by atoms with Crippen LogP contribution in [0.15, 0.2) is 29.4 Å². The predicted octanol–water partition coefficient (Wildman–Crippen LogP) is 1.11. The third-order valence-electron chi connectivity index (χ3n) is 2.79. The minimum atomic E-state index is -0.793. The Balaban J connectivity index is 1.70. The van der Waals surface area contributed by atoms with Crippen molar-refractivity contribution < 1.29 is 14.7 Å². The molecule has 18 heavy (non-hydrogen) atoms. The Morgan fingerprint density at radius 2 is 2.06 bits per heavy atom. The molecule has 1 aliphatic rings. The number of carboxylic acid groups (broad SMARTS) is 1. The molecule has 1 aromatic heterocycles. The van der Waals surface area contributed by atoms with Crippen molar-refractivity contribution in [1.29, 1.82) is 0 Å². The Hall–Kier alpha value is -1.56. The van der Waals surface area contributed by atoms with Gasteiger partial charge in [0.15, 0.2) is 0 Å². The monoisotopic (exact) mass is 266 g/mol. The minimum Gasteiger partial charge on any atom is -0.481 e. The molecule has 0 saturated carbocycles. The Bertz CT molecular complexity index is 432. The number of pyridine rings is 1. The van der Waals surface area contributed by atoms with Crippen LogP contribution in [-0.2, 0) is 9.59 Å². The average Bonchev–Trinajstić information content (AvgIpc) is 2.31. The lowest BCUT2D eigenvalue weighted by molar-refractivity contribution is -0.143. The highest BCUT2D eigenvalue weighted by Gasteiger charge is 2.31. The third kappa shape index (κ3) is 3.46. The second-order valence-corrected chi connectivity index (χ2v) is 5.28. The van der Waals surface area contributed by atoms with E-state index in [2.05, 4.69) is 4.98 Å². The van der Waals surface area contributed by atoms with Gasteiger partial charge in [-0.2, -0.15) is 0 Å². The van der Waals surface area contributed by atoms with E-state index in [1.54, 1.807) is 17.3 Å². The normalized spacial score (nSPS) is 15.2. The first-order valence-corrected chi connectivity index (χ1v) is 6.66. The standard InChI is InChI=1S/C12H14N2O3S/c15-11(8-18-10-1-3-13-4-2-10)14-6-9(7-14)5-12(16)17/h1-4,9H,5-8H2,(H,16,17). The molecule has 0 unspecified atom stereocenters. The zero-order valence-corrected chi connectivity index (χ0v) is 10.6. The van der Waals surface area contributed by atoms with Crippen molar-refractivity contribution in [3.8, 4) is 0 Å². The van der Waals surface area contributed by atoms with Crippen molar-refractivity contribution in [2.24, 2.45) is 5.92 Å². The lowest BCUT2D eigenvalue weighted by atomic mass is 9.96. The molecule has 1 fully saturated rings. The van der Waals surface area contributed by atoms with Gasteiger partial charge in [0.1, 0.15) is 0 Å². The second kappa shape index (κ2) is 5.86. The van der Waals surface area contributed by atoms with Crippen LogP contribution < -0.4 is 0 Å². The van der Waals surface area contributed by atoms with Gasteiger partial charge >= 0.3 is 5.97 Å². The molecule has 0 spiro atoms. The molecular weight excluding hydrogens is 252 g/mol. The smallest absolute Gasteiger partial charge is 0.303 e. The van der Waals surface area contributed by atoms with E-state index < -0.39 is 5.97 Å². The fourth-order valence-corrected chi connectivity index (χ4v) is 2.61. The molecule has 0 radical (unpaired) electrons. The molecule has 1 saturated heterocycles. The zero-order valence-electron chi connectivity index (χ0n) is 9.78. The van der Waals surface area contributed by atoms with Crippen molar-refractivity contribution in [1.82, 2.24) is 9.88 Å². The van der Waals surface area contributed by atoms with Crippen molar-refractivity contribution >= 4 is 23.6 Å². The summed E-state index contributed by atoms with van der Waals surface area (Å²) in [4.78, 5) is 28.9. The lowest BCUT2D eigenvalue weighted by Crippen LogP contribution is -2.51. The van der Waals surface area contributed by atoms with E-state index in [0.29, 0.717) is 18.8 Å². The number of hydrogen-bond donors (Lipinski definition) is 1. The van der Waals surface area contributed by atoms with Crippen LogP contribution in [0.3, 0.4) is 0 Å². The van der Waals surface area contributed by atoms with Gasteiger partial charge in [0.2, 0.25) is 5.91 Å². The van der Waals surface area contributed by atoms with Gasteiger partial charge in [-0.1, -0.05) is 0 Å². The molecule has 0 aromatic carbocycles. The first-order chi connectivity index (χ1) is 8.65. The summed E-state index contributed by atoms with van der Waals surface area (Å²) in [6.45, 7) is 1.14. The second-order valence-electron chi connectivity index (χ2n) is 4.23. The largest absolute Gasteiger partial charge is 0.481 e. The molecule has 1 aromatic rings. The topological polar surface area (TPSA) is 70.5 Å². The summed E-state index contributed by atoms with van der Waals surface area (Å²) in [6, 6.07) is 3.72. The van der Waals surface area contributed by atoms with Gasteiger partial charge in [0.25, 0.3) is 0 Å². The summed E-state index contributed by atoms with van der Waals surface area (Å²) >= 11 is 1.47. The van der Waals surface area contributed by atoms with Gasteiger partial charge < -0.3 is 10.0 Å². The van der Waals surface area contributed by atoms with Crippen molar-refractivity contribution in [3.63, 3.8) is 0 Å². The highest BCUT2D eigenvalue weighted by molar-refractivity contribution is 8.00. The van der Waals surface area contributed by atoms with Crippen molar-refractivity contribution in [3.05, 3.63) is 24.5 Å². The van der Waals surface area contributed by atoms with E-state index in [1.165, 1.54) is 11.8 Å². The lowest BCUT2D eigenvalue weighted by Gasteiger charge is -2.38. The minimum absolute atomic E-state index is 0.0680. The molecule has 1 aliphatic heterocycles. The summed E-state index contributed by atoms with van der Waals surface area (Å²) in [6.07, 6.45) is 3.54. The number of likely N-dealkylation sites (tertiary alicyclic amines) is 1. The number of rotatable bonds is 5. The molecule has 0 bridgehead atoms. The predicted molar refractivity (Wildman–Crippen MR) is 67.3 cm³/mol. The SMILES string of the molecule is O=C(O)CC1CN(C(=O)CSc2ccncc2)C1. The van der Waals surface area contributed by atoms with Crippen LogP contribution in [0.25, 0.3) is 0 Å². The van der Waals surface area contributed by atoms with Crippen molar-refractivity contribution in [2.45, 2.75) is 11.3 Å². The fourth-order valence-electron chi connectivity index (χ4n) is 1.82. The number of hydrogen-bond acceptors (Lipinski definition) is 4. The number of carboxylic acids is 1. The number of amides is 1. The van der Waals surface area contributed by atoms with Gasteiger partial charge in [0, 0.05) is 36.3 Å². The molecule has 6 heteroatoms. The molecule has 0 atom stereocenters. The van der Waals surface area contributed by atoms with E-state index >= 15 is 0 Å². The molecule has 96 valence electrons. The van der Waals surface area contributed by atoms with Crippen molar-refractivity contribution in [2.75, 3.05) is 18.8 Å². The Kier molecular flexibility index (Phi) is 4.19. The number of carbonyl (C=O) groups excluding carboxylic acids is 1. The van der Waals surface area contributed by atoms with Crippen LogP contribution in [0.2, 0.25) is 0 Å². The van der Waals surface area contributed by atoms with Crippen LogP contribution in [-0.4, -0.2) is 45.7 Å². The number of aromatic nitrogens is 1. The molecule has 2 rings (SSSR count). The van der Waals surface area contributed by atoms with E-state index in [-0.39, 0.29) is 18.2 Å². The van der Waals surface area contributed by atoms with E-state index in [4.69, 9.17) is 5.11 Å². The summed E-state index contributed by atoms with van der Waals surface area (Å²) in [5.74, 6) is -0.210. The summed E-state index contributed by atoms with van der Waals surface area (Å²) in [5, 5.41) is 8.61. The summed E-state index contributed by atoms with van der Waals surface area (Å²) in [7, 11) is 0. The van der Waals surface area contributed by atoms with Crippen LogP contribution in [0.5, 0.6) is 0 Å². The van der Waals surface area contributed by atoms with Crippen LogP contribution in [0.1, 0.15) is 6.42 Å². The molecular formula is C12H14N2O3S. The first-order valence-electron chi connectivity index (χ1n) is 5.67. The number of thioether (sulfide) groups is 1. The molecule has 1 amide bonds. The summed E-state index contributed by atoms with van der Waals surface area (Å²) < 4.78 is 0. The van der Waals surface area contributed by atoms with Crippen LogP contribution >= 0.6 is 11.8 Å². The highest BCUT2D eigenvalue weighted by atomic mass is 32.2. The maximum atomic E-state index is 11.8. The Morgan fingerprint density at radius 3 is 2.67 bits per heavy atom. The number of nitrogens with zero attached hydrogens (tertiary/aromatic N) is 2. The fraction of sp³-hybridized carbons (Fsp3) is 0.417. The molecule has 0 aliphatic carbocycles. The zero-order chi connectivity index (χ0) is 13.0. The molecule has 5 nitrogen and oxygen atoms in total. The average molecular weight is 266 g/mol. The molecule has 2 heterocycles. The van der Waals surface area contributed by atoms with Gasteiger partial charge in [-0.3, -0.25) is 14.6 Å². The van der Waals surface area contributed by atoms with Gasteiger partial charge in [-0.25, -0.2) is 0 Å². The highest BCUT2D eigenvalue weighted by Crippen LogP contribution is 2.22. The first kappa shape index (κ1) is 12.9.